The maximum absolute atomic E-state index is 12.4. The van der Waals surface area contributed by atoms with Crippen molar-refractivity contribution in [3.05, 3.63) is 53.6 Å². The largest absolute Gasteiger partial charge is 0.392 e. The number of nitrogens with one attached hydrogen (secondary N) is 2. The zero-order valence-corrected chi connectivity index (χ0v) is 13.2. The third-order valence-electron chi connectivity index (χ3n) is 3.47. The lowest BCUT2D eigenvalue weighted by Gasteiger charge is -2.10. The molecule has 5 nitrogen and oxygen atoms in total. The highest BCUT2D eigenvalue weighted by molar-refractivity contribution is 7.99. The van der Waals surface area contributed by atoms with E-state index in [4.69, 9.17) is 5.11 Å². The zero-order valence-electron chi connectivity index (χ0n) is 12.3. The highest BCUT2D eigenvalue weighted by Gasteiger charge is 2.16. The molecule has 3 rings (SSSR count). The molecule has 118 valence electrons. The van der Waals surface area contributed by atoms with Gasteiger partial charge in [-0.1, -0.05) is 12.1 Å². The maximum atomic E-state index is 12.4. The smallest absolute Gasteiger partial charge is 0.255 e. The van der Waals surface area contributed by atoms with Crippen molar-refractivity contribution in [3.8, 4) is 0 Å². The van der Waals surface area contributed by atoms with E-state index in [0.29, 0.717) is 23.4 Å². The highest BCUT2D eigenvalue weighted by atomic mass is 32.2. The van der Waals surface area contributed by atoms with Crippen LogP contribution < -0.4 is 10.6 Å². The van der Waals surface area contributed by atoms with E-state index in [1.54, 1.807) is 48.2 Å². The van der Waals surface area contributed by atoms with Crippen molar-refractivity contribution in [3.63, 3.8) is 0 Å². The Morgan fingerprint density at radius 2 is 2.13 bits per heavy atom. The average Bonchev–Trinajstić information content (AvgIpc) is 2.74. The molecular weight excluding hydrogens is 312 g/mol. The molecule has 0 unspecified atom stereocenters. The van der Waals surface area contributed by atoms with Gasteiger partial charge in [0.05, 0.1) is 12.3 Å². The summed E-state index contributed by atoms with van der Waals surface area (Å²) in [6.45, 7) is -0.0776. The number of hydrogen-bond acceptors (Lipinski definition) is 4. The molecule has 1 aliphatic rings. The van der Waals surface area contributed by atoms with Crippen LogP contribution in [0.4, 0.5) is 11.4 Å². The number of aliphatic hydroxyl groups is 1. The van der Waals surface area contributed by atoms with Gasteiger partial charge in [0.2, 0.25) is 5.91 Å². The average molecular weight is 328 g/mol. The molecule has 3 N–H and O–H groups in total. The topological polar surface area (TPSA) is 78.4 Å². The normalized spacial score (nSPS) is 13.7. The van der Waals surface area contributed by atoms with Crippen molar-refractivity contribution in [2.45, 2.75) is 17.9 Å². The molecule has 0 bridgehead atoms. The fourth-order valence-corrected chi connectivity index (χ4v) is 3.25. The van der Waals surface area contributed by atoms with Crippen molar-refractivity contribution in [1.29, 1.82) is 0 Å². The van der Waals surface area contributed by atoms with E-state index in [1.807, 2.05) is 6.07 Å². The number of thioether (sulfide) groups is 1. The lowest BCUT2D eigenvalue weighted by Crippen LogP contribution is -2.14. The number of anilines is 2. The minimum absolute atomic E-state index is 0.0375. The lowest BCUT2D eigenvalue weighted by atomic mass is 10.1. The quantitative estimate of drug-likeness (QED) is 0.809. The number of rotatable bonds is 3. The predicted octanol–water partition coefficient (Wildman–Crippen LogP) is 2.87. The summed E-state index contributed by atoms with van der Waals surface area (Å²) >= 11 is 1.60. The van der Waals surface area contributed by atoms with Crippen LogP contribution in [0.15, 0.2) is 47.4 Å². The van der Waals surface area contributed by atoms with Gasteiger partial charge in [-0.3, -0.25) is 9.59 Å². The second-order valence-electron chi connectivity index (χ2n) is 5.17. The Hall–Kier alpha value is -2.31. The highest BCUT2D eigenvalue weighted by Crippen LogP contribution is 2.31. The van der Waals surface area contributed by atoms with E-state index >= 15 is 0 Å². The summed E-state index contributed by atoms with van der Waals surface area (Å²) in [4.78, 5) is 25.0. The first-order chi connectivity index (χ1) is 11.2. The van der Waals surface area contributed by atoms with Gasteiger partial charge in [-0.15, -0.1) is 11.8 Å². The first-order valence-corrected chi connectivity index (χ1v) is 8.22. The van der Waals surface area contributed by atoms with Gasteiger partial charge in [-0.2, -0.15) is 0 Å². The minimum Gasteiger partial charge on any atom is -0.392 e. The zero-order chi connectivity index (χ0) is 16.2. The molecule has 0 aromatic heterocycles. The van der Waals surface area contributed by atoms with Gasteiger partial charge in [0.15, 0.2) is 0 Å². The van der Waals surface area contributed by atoms with Crippen molar-refractivity contribution in [1.82, 2.24) is 0 Å². The van der Waals surface area contributed by atoms with Crippen LogP contribution in [0.3, 0.4) is 0 Å². The summed E-state index contributed by atoms with van der Waals surface area (Å²) in [7, 11) is 0. The SMILES string of the molecule is O=C1CCSc2ccc(C(=O)Nc3cccc(CO)c3)cc2N1. The molecule has 0 spiro atoms. The van der Waals surface area contributed by atoms with Gasteiger partial charge >= 0.3 is 0 Å². The number of amides is 2. The van der Waals surface area contributed by atoms with Gasteiger partial charge in [-0.25, -0.2) is 0 Å². The number of fused-ring (bicyclic) bond motifs is 1. The van der Waals surface area contributed by atoms with Crippen molar-refractivity contribution < 1.29 is 14.7 Å². The first kappa shape index (κ1) is 15.6. The van der Waals surface area contributed by atoms with Crippen LogP contribution in [-0.2, 0) is 11.4 Å². The third kappa shape index (κ3) is 3.72. The van der Waals surface area contributed by atoms with Gasteiger partial charge in [-0.05, 0) is 35.9 Å². The van der Waals surface area contributed by atoms with Crippen molar-refractivity contribution in [2.24, 2.45) is 0 Å². The lowest BCUT2D eigenvalue weighted by molar-refractivity contribution is -0.115. The van der Waals surface area contributed by atoms with E-state index < -0.39 is 0 Å². The predicted molar refractivity (Wildman–Crippen MR) is 90.7 cm³/mol. The van der Waals surface area contributed by atoms with E-state index in [9.17, 15) is 9.59 Å². The number of aliphatic hydroxyl groups excluding tert-OH is 1. The molecule has 0 aliphatic carbocycles. The Balaban J connectivity index is 1.81. The second-order valence-corrected chi connectivity index (χ2v) is 6.31. The Morgan fingerprint density at radius 3 is 2.96 bits per heavy atom. The molecule has 2 aromatic carbocycles. The molecule has 1 heterocycles. The fraction of sp³-hybridized carbons (Fsp3) is 0.176. The molecule has 0 saturated carbocycles. The molecule has 6 heteroatoms. The van der Waals surface area contributed by atoms with Crippen molar-refractivity contribution >= 4 is 35.0 Å². The van der Waals surface area contributed by atoms with Crippen molar-refractivity contribution in [2.75, 3.05) is 16.4 Å². The van der Waals surface area contributed by atoms with E-state index in [0.717, 1.165) is 16.2 Å². The van der Waals surface area contributed by atoms with Crippen LogP contribution >= 0.6 is 11.8 Å². The van der Waals surface area contributed by atoms with Crippen LogP contribution in [0.1, 0.15) is 22.3 Å². The van der Waals surface area contributed by atoms with E-state index in [1.165, 1.54) is 0 Å². The van der Waals surface area contributed by atoms with Crippen LogP contribution in [-0.4, -0.2) is 22.7 Å². The van der Waals surface area contributed by atoms with Crippen LogP contribution in [0.2, 0.25) is 0 Å². The molecule has 0 atom stereocenters. The Kier molecular flexibility index (Phi) is 4.64. The fourth-order valence-electron chi connectivity index (χ4n) is 2.31. The molecule has 1 aliphatic heterocycles. The minimum atomic E-state index is -0.258. The van der Waals surface area contributed by atoms with Gasteiger partial charge in [0, 0.05) is 28.3 Å². The summed E-state index contributed by atoms with van der Waals surface area (Å²) < 4.78 is 0. The van der Waals surface area contributed by atoms with Crippen LogP contribution in [0.5, 0.6) is 0 Å². The molecule has 0 fully saturated rings. The van der Waals surface area contributed by atoms with Gasteiger partial charge in [0.25, 0.3) is 5.91 Å². The monoisotopic (exact) mass is 328 g/mol. The number of carbonyl (C=O) groups is 2. The summed E-state index contributed by atoms with van der Waals surface area (Å²) in [5, 5.41) is 14.8. The van der Waals surface area contributed by atoms with E-state index in [-0.39, 0.29) is 18.4 Å². The summed E-state index contributed by atoms with van der Waals surface area (Å²) in [5.41, 5.74) is 2.50. The molecule has 23 heavy (non-hydrogen) atoms. The van der Waals surface area contributed by atoms with Crippen LogP contribution in [0.25, 0.3) is 0 Å². The Morgan fingerprint density at radius 1 is 1.26 bits per heavy atom. The molecule has 0 radical (unpaired) electrons. The number of hydrogen-bond donors (Lipinski definition) is 3. The number of carbonyl (C=O) groups excluding carboxylic acids is 2. The summed E-state index contributed by atoms with van der Waals surface area (Å²) in [5.74, 6) is 0.439. The molecular formula is C17H16N2O3S. The second kappa shape index (κ2) is 6.85. The van der Waals surface area contributed by atoms with E-state index in [2.05, 4.69) is 10.6 Å². The molecule has 2 amide bonds. The third-order valence-corrected chi connectivity index (χ3v) is 4.55. The Labute approximate surface area is 138 Å². The van der Waals surface area contributed by atoms with Crippen LogP contribution in [0, 0.1) is 0 Å². The Bertz CT molecular complexity index is 761. The van der Waals surface area contributed by atoms with Gasteiger partial charge < -0.3 is 15.7 Å². The standard InChI is InChI=1S/C17H16N2O3S/c20-10-11-2-1-3-13(8-11)18-17(22)12-4-5-15-14(9-12)19-16(21)6-7-23-15/h1-5,8-9,20H,6-7,10H2,(H,18,22)(H,19,21). The maximum Gasteiger partial charge on any atom is 0.255 e. The summed E-state index contributed by atoms with van der Waals surface area (Å²) in [6, 6.07) is 12.3. The van der Waals surface area contributed by atoms with Gasteiger partial charge in [0.1, 0.15) is 0 Å². The molecule has 0 saturated heterocycles. The first-order valence-electron chi connectivity index (χ1n) is 7.23. The molecule has 2 aromatic rings. The number of benzene rings is 2. The summed E-state index contributed by atoms with van der Waals surface area (Å²) in [6.07, 6.45) is 0.467.